The van der Waals surface area contributed by atoms with E-state index in [0.29, 0.717) is 27.2 Å². The molecule has 2 aromatic rings. The molecule has 0 spiro atoms. The summed E-state index contributed by atoms with van der Waals surface area (Å²) in [6.07, 6.45) is 0. The van der Waals surface area contributed by atoms with Crippen LogP contribution < -0.4 is 15.4 Å². The fraction of sp³-hybridized carbons (Fsp3) is 0.222. The molecule has 0 aliphatic carbocycles. The molecule has 2 N–H and O–H groups in total. The Labute approximate surface area is 156 Å². The molecule has 0 saturated carbocycles. The Bertz CT molecular complexity index is 807. The van der Waals surface area contributed by atoms with Crippen molar-refractivity contribution in [1.82, 2.24) is 0 Å². The summed E-state index contributed by atoms with van der Waals surface area (Å²) in [5.41, 5.74) is -0.433. The van der Waals surface area contributed by atoms with Gasteiger partial charge in [-0.1, -0.05) is 29.3 Å². The van der Waals surface area contributed by atoms with Crippen molar-refractivity contribution >= 4 is 46.4 Å². The second-order valence-electron chi connectivity index (χ2n) is 5.89. The Morgan fingerprint density at radius 1 is 0.960 bits per heavy atom. The molecular weight excluding hydrogens is 363 g/mol. The van der Waals surface area contributed by atoms with Crippen LogP contribution in [-0.4, -0.2) is 18.9 Å². The quantitative estimate of drug-likeness (QED) is 0.744. The number of carbonyl (C=O) groups excluding carboxylic acids is 2. The van der Waals surface area contributed by atoms with Gasteiger partial charge < -0.3 is 15.4 Å². The van der Waals surface area contributed by atoms with Gasteiger partial charge in [0.1, 0.15) is 11.2 Å². The molecule has 2 aromatic carbocycles. The van der Waals surface area contributed by atoms with Gasteiger partial charge >= 0.3 is 0 Å². The van der Waals surface area contributed by atoms with E-state index in [1.54, 1.807) is 42.5 Å². The fourth-order valence-corrected chi connectivity index (χ4v) is 2.38. The number of anilines is 2. The van der Waals surface area contributed by atoms with Gasteiger partial charge in [0.25, 0.3) is 0 Å². The number of nitrogens with one attached hydrogen (secondary N) is 2. The second-order valence-corrected chi connectivity index (χ2v) is 6.76. The van der Waals surface area contributed by atoms with Crippen LogP contribution in [0.3, 0.4) is 0 Å². The zero-order valence-corrected chi connectivity index (χ0v) is 15.5. The third-order valence-electron chi connectivity index (χ3n) is 3.63. The van der Waals surface area contributed by atoms with Gasteiger partial charge in [-0.2, -0.15) is 0 Å². The SMILES string of the molecule is COc1ccc(Cl)cc1NC(=O)C(C)(C)C(=O)Nc1cccc(Cl)c1. The zero-order chi connectivity index (χ0) is 18.6. The number of methoxy groups -OCH3 is 1. The van der Waals surface area contributed by atoms with Gasteiger partial charge in [0, 0.05) is 15.7 Å². The largest absolute Gasteiger partial charge is 0.495 e. The Morgan fingerprint density at radius 3 is 2.24 bits per heavy atom. The average molecular weight is 381 g/mol. The maximum Gasteiger partial charge on any atom is 0.239 e. The van der Waals surface area contributed by atoms with Gasteiger partial charge in [0.15, 0.2) is 0 Å². The minimum absolute atomic E-state index is 0.392. The van der Waals surface area contributed by atoms with Crippen LogP contribution in [0.5, 0.6) is 5.75 Å². The van der Waals surface area contributed by atoms with Crippen molar-refractivity contribution in [2.75, 3.05) is 17.7 Å². The fourth-order valence-electron chi connectivity index (χ4n) is 2.01. The van der Waals surface area contributed by atoms with E-state index in [1.807, 2.05) is 0 Å². The van der Waals surface area contributed by atoms with Gasteiger partial charge in [0.2, 0.25) is 11.8 Å². The van der Waals surface area contributed by atoms with Gasteiger partial charge in [-0.3, -0.25) is 9.59 Å². The van der Waals surface area contributed by atoms with Crippen molar-refractivity contribution in [3.05, 3.63) is 52.5 Å². The van der Waals surface area contributed by atoms with Gasteiger partial charge in [-0.25, -0.2) is 0 Å². The zero-order valence-electron chi connectivity index (χ0n) is 14.0. The van der Waals surface area contributed by atoms with E-state index in [4.69, 9.17) is 27.9 Å². The molecule has 2 amide bonds. The van der Waals surface area contributed by atoms with Crippen LogP contribution in [0.15, 0.2) is 42.5 Å². The van der Waals surface area contributed by atoms with E-state index in [1.165, 1.54) is 21.0 Å². The third-order valence-corrected chi connectivity index (χ3v) is 4.10. The minimum atomic E-state index is -1.34. The van der Waals surface area contributed by atoms with Crippen LogP contribution >= 0.6 is 23.2 Å². The lowest BCUT2D eigenvalue weighted by Crippen LogP contribution is -2.41. The van der Waals surface area contributed by atoms with Crippen LogP contribution in [0.1, 0.15) is 13.8 Å². The summed E-state index contributed by atoms with van der Waals surface area (Å²) in [4.78, 5) is 25.1. The lowest BCUT2D eigenvalue weighted by atomic mass is 9.90. The van der Waals surface area contributed by atoms with Crippen molar-refractivity contribution in [2.24, 2.45) is 5.41 Å². The highest BCUT2D eigenvalue weighted by Crippen LogP contribution is 2.30. The van der Waals surface area contributed by atoms with Crippen LogP contribution in [-0.2, 0) is 9.59 Å². The van der Waals surface area contributed by atoms with Crippen molar-refractivity contribution < 1.29 is 14.3 Å². The normalized spacial score (nSPS) is 10.9. The number of rotatable bonds is 5. The van der Waals surface area contributed by atoms with E-state index < -0.39 is 17.2 Å². The van der Waals surface area contributed by atoms with Gasteiger partial charge in [-0.15, -0.1) is 0 Å². The Hall–Kier alpha value is -2.24. The molecule has 0 bridgehead atoms. The minimum Gasteiger partial charge on any atom is -0.495 e. The molecule has 5 nitrogen and oxygen atoms in total. The molecular formula is C18H18Cl2N2O3. The first-order chi connectivity index (χ1) is 11.7. The predicted octanol–water partition coefficient (Wildman–Crippen LogP) is 4.61. The van der Waals surface area contributed by atoms with Crippen molar-refractivity contribution in [3.8, 4) is 5.75 Å². The molecule has 7 heteroatoms. The van der Waals surface area contributed by atoms with Crippen molar-refractivity contribution in [2.45, 2.75) is 13.8 Å². The number of hydrogen-bond acceptors (Lipinski definition) is 3. The van der Waals surface area contributed by atoms with E-state index in [-0.39, 0.29) is 0 Å². The highest BCUT2D eigenvalue weighted by atomic mass is 35.5. The lowest BCUT2D eigenvalue weighted by Gasteiger charge is -2.23. The summed E-state index contributed by atoms with van der Waals surface area (Å²) in [6.45, 7) is 3.05. The highest BCUT2D eigenvalue weighted by Gasteiger charge is 2.36. The molecule has 2 rings (SSSR count). The first-order valence-electron chi connectivity index (χ1n) is 7.46. The summed E-state index contributed by atoms with van der Waals surface area (Å²) >= 11 is 11.9. The summed E-state index contributed by atoms with van der Waals surface area (Å²) in [5.74, 6) is -0.510. The van der Waals surface area contributed by atoms with Gasteiger partial charge in [-0.05, 0) is 50.2 Å². The Balaban J connectivity index is 2.16. The first-order valence-corrected chi connectivity index (χ1v) is 8.21. The van der Waals surface area contributed by atoms with Crippen molar-refractivity contribution in [1.29, 1.82) is 0 Å². The molecule has 0 aliphatic rings. The van der Waals surface area contributed by atoms with E-state index in [0.717, 1.165) is 0 Å². The summed E-state index contributed by atoms with van der Waals surface area (Å²) < 4.78 is 5.19. The molecule has 25 heavy (non-hydrogen) atoms. The molecule has 0 aliphatic heterocycles. The Morgan fingerprint density at radius 2 is 1.60 bits per heavy atom. The maximum atomic E-state index is 12.6. The predicted molar refractivity (Wildman–Crippen MR) is 100 cm³/mol. The van der Waals surface area contributed by atoms with Crippen LogP contribution in [0.4, 0.5) is 11.4 Å². The van der Waals surface area contributed by atoms with E-state index >= 15 is 0 Å². The number of ether oxygens (including phenoxy) is 1. The number of carbonyl (C=O) groups is 2. The number of amides is 2. The lowest BCUT2D eigenvalue weighted by molar-refractivity contribution is -0.135. The molecule has 0 saturated heterocycles. The van der Waals surface area contributed by atoms with Crippen LogP contribution in [0, 0.1) is 5.41 Å². The third kappa shape index (κ3) is 4.65. The number of halogens is 2. The maximum absolute atomic E-state index is 12.6. The second kappa shape index (κ2) is 7.76. The highest BCUT2D eigenvalue weighted by molar-refractivity contribution is 6.31. The average Bonchev–Trinajstić information content (AvgIpc) is 2.55. The van der Waals surface area contributed by atoms with Crippen LogP contribution in [0.25, 0.3) is 0 Å². The topological polar surface area (TPSA) is 67.4 Å². The summed E-state index contributed by atoms with van der Waals surface area (Å²) in [7, 11) is 1.48. The monoisotopic (exact) mass is 380 g/mol. The molecule has 0 aromatic heterocycles. The molecule has 0 fully saturated rings. The molecule has 0 heterocycles. The smallest absolute Gasteiger partial charge is 0.239 e. The summed E-state index contributed by atoms with van der Waals surface area (Å²) in [5, 5.41) is 6.30. The Kier molecular flexibility index (Phi) is 5.93. The number of benzene rings is 2. The summed E-state index contributed by atoms with van der Waals surface area (Å²) in [6, 6.07) is 11.5. The van der Waals surface area contributed by atoms with E-state index in [9.17, 15) is 9.59 Å². The first kappa shape index (κ1) is 19.1. The molecule has 0 unspecified atom stereocenters. The van der Waals surface area contributed by atoms with Crippen molar-refractivity contribution in [3.63, 3.8) is 0 Å². The van der Waals surface area contributed by atoms with Gasteiger partial charge in [0.05, 0.1) is 12.8 Å². The van der Waals surface area contributed by atoms with Crippen LogP contribution in [0.2, 0.25) is 10.0 Å². The number of hydrogen-bond donors (Lipinski definition) is 2. The van der Waals surface area contributed by atoms with E-state index in [2.05, 4.69) is 10.6 Å². The molecule has 0 radical (unpaired) electrons. The molecule has 132 valence electrons. The standard InChI is InChI=1S/C18H18Cl2N2O3/c1-18(2,16(23)21-13-6-4-5-11(19)9-13)17(24)22-14-10-12(20)7-8-15(14)25-3/h4-10H,1-3H3,(H,21,23)(H,22,24). The molecule has 0 atom stereocenters.